The van der Waals surface area contributed by atoms with Crippen LogP contribution in [0.25, 0.3) is 11.1 Å². The minimum atomic E-state index is 0.272. The van der Waals surface area contributed by atoms with Gasteiger partial charge in [-0.15, -0.1) is 0 Å². The van der Waals surface area contributed by atoms with Crippen LogP contribution < -0.4 is 4.73 Å². The third-order valence-corrected chi connectivity index (χ3v) is 2.23. The van der Waals surface area contributed by atoms with E-state index in [-0.39, 0.29) is 6.42 Å². The average Bonchev–Trinajstić information content (AvgIpc) is 2.64. The Kier molecular flexibility index (Phi) is 2.56. The molecule has 2 rings (SSSR count). The normalized spacial score (nSPS) is 10.0. The topological polar surface area (TPSA) is 65.7 Å². The average molecular weight is 215 g/mol. The van der Waals surface area contributed by atoms with Gasteiger partial charge < -0.3 is 0 Å². The van der Waals surface area contributed by atoms with Gasteiger partial charge in [-0.2, -0.15) is 10.4 Å². The van der Waals surface area contributed by atoms with Gasteiger partial charge in [0.25, 0.3) is 0 Å². The maximum absolute atomic E-state index is 9.47. The molecule has 0 amide bonds. The van der Waals surface area contributed by atoms with E-state index in [9.17, 15) is 5.21 Å². The maximum Gasteiger partial charge on any atom is 0.230 e. The summed E-state index contributed by atoms with van der Waals surface area (Å²) < 4.78 is 2.66. The summed E-state index contributed by atoms with van der Waals surface area (Å²) in [5.41, 5.74) is 2.51. The lowest BCUT2D eigenvalue weighted by Crippen LogP contribution is -2.29. The van der Waals surface area contributed by atoms with E-state index in [0.717, 1.165) is 21.4 Å². The van der Waals surface area contributed by atoms with Crippen LogP contribution in [0.4, 0.5) is 0 Å². The van der Waals surface area contributed by atoms with Crippen LogP contribution in [0.15, 0.2) is 30.9 Å². The molecule has 0 aromatic carbocycles. The predicted molar refractivity (Wildman–Crippen MR) is 55.3 cm³/mol. The van der Waals surface area contributed by atoms with Gasteiger partial charge in [0, 0.05) is 29.1 Å². The third-order valence-electron chi connectivity index (χ3n) is 2.23. The van der Waals surface area contributed by atoms with Crippen LogP contribution in [0.5, 0.6) is 0 Å². The summed E-state index contributed by atoms with van der Waals surface area (Å²) in [6.45, 7) is 0. The van der Waals surface area contributed by atoms with E-state index in [0.29, 0.717) is 0 Å². The summed E-state index contributed by atoms with van der Waals surface area (Å²) in [7, 11) is 1.83. The van der Waals surface area contributed by atoms with Crippen molar-refractivity contribution in [3.63, 3.8) is 0 Å². The lowest BCUT2D eigenvalue weighted by Gasteiger charge is -1.96. The number of nitrogens with zero attached hydrogens (tertiary/aromatic N) is 4. The van der Waals surface area contributed by atoms with Crippen LogP contribution in [0.1, 0.15) is 5.56 Å². The van der Waals surface area contributed by atoms with Crippen molar-refractivity contribution >= 4 is 0 Å². The highest BCUT2D eigenvalue weighted by Crippen LogP contribution is 2.17. The molecule has 2 aromatic rings. The zero-order chi connectivity index (χ0) is 11.5. The van der Waals surface area contributed by atoms with Crippen LogP contribution in [0.3, 0.4) is 0 Å². The molecule has 16 heavy (non-hydrogen) atoms. The Morgan fingerprint density at radius 2 is 2.31 bits per heavy atom. The molecule has 2 aromatic heterocycles. The molecule has 0 unspecified atom stereocenters. The summed E-state index contributed by atoms with van der Waals surface area (Å²) in [4.78, 5) is 0. The van der Waals surface area contributed by atoms with E-state index in [4.69, 9.17) is 5.26 Å². The summed E-state index contributed by atoms with van der Waals surface area (Å²) in [5, 5.41) is 22.1. The molecule has 0 aliphatic rings. The number of aryl methyl sites for hydroxylation is 1. The van der Waals surface area contributed by atoms with Gasteiger partial charge in [-0.25, -0.2) is 0 Å². The molecule has 0 aliphatic heterocycles. The quantitative estimate of drug-likeness (QED) is 0.591. The van der Waals surface area contributed by atoms with Crippen LogP contribution in [-0.4, -0.2) is 15.0 Å². The van der Waals surface area contributed by atoms with Crippen molar-refractivity contribution < 1.29 is 9.94 Å². The molecule has 0 radical (unpaired) electrons. The zero-order valence-corrected chi connectivity index (χ0v) is 8.83. The predicted octanol–water partition coefficient (Wildman–Crippen LogP) is 0.678. The molecule has 1 N–H and O–H groups in total. The minimum Gasteiger partial charge on any atom is -0.285 e. The fraction of sp³-hybridized carbons (Fsp3) is 0.182. The van der Waals surface area contributed by atoms with E-state index in [2.05, 4.69) is 5.10 Å². The Balaban J connectivity index is 2.45. The molecule has 0 saturated carbocycles. The summed E-state index contributed by atoms with van der Waals surface area (Å²) in [6.07, 6.45) is 6.94. The fourth-order valence-corrected chi connectivity index (χ4v) is 1.54. The van der Waals surface area contributed by atoms with Crippen LogP contribution >= 0.6 is 0 Å². The first-order valence-corrected chi connectivity index (χ1v) is 4.79. The number of hydrogen-bond donors (Lipinski definition) is 1. The zero-order valence-electron chi connectivity index (χ0n) is 8.83. The molecule has 0 atom stereocenters. The van der Waals surface area contributed by atoms with Crippen LogP contribution in [0, 0.1) is 11.3 Å². The van der Waals surface area contributed by atoms with Gasteiger partial charge in [-0.05, 0) is 6.07 Å². The fourth-order valence-electron chi connectivity index (χ4n) is 1.54. The van der Waals surface area contributed by atoms with Gasteiger partial charge in [0.1, 0.15) is 0 Å². The third kappa shape index (κ3) is 2.01. The SMILES string of the molecule is Cn1cc(-c2cc(CC#N)c[n+](O)c2)cn1. The second-order valence-corrected chi connectivity index (χ2v) is 3.55. The smallest absolute Gasteiger partial charge is 0.230 e. The van der Waals surface area contributed by atoms with Crippen molar-refractivity contribution in [2.45, 2.75) is 6.42 Å². The maximum atomic E-state index is 9.47. The second kappa shape index (κ2) is 4.03. The van der Waals surface area contributed by atoms with Gasteiger partial charge in [-0.1, -0.05) is 0 Å². The van der Waals surface area contributed by atoms with Crippen molar-refractivity contribution in [1.82, 2.24) is 9.78 Å². The molecule has 5 nitrogen and oxygen atoms in total. The Hall–Kier alpha value is -2.35. The van der Waals surface area contributed by atoms with E-state index in [1.54, 1.807) is 17.1 Å². The standard InChI is InChI=1S/C11H11N4O/c1-14-7-11(5-13-14)10-4-9(2-3-12)6-15(16)8-10/h4-8,16H,2H2,1H3/q+1. The minimum absolute atomic E-state index is 0.272. The van der Waals surface area contributed by atoms with Crippen molar-refractivity contribution in [2.75, 3.05) is 0 Å². The Bertz CT molecular complexity index is 553. The highest BCUT2D eigenvalue weighted by molar-refractivity contribution is 5.60. The van der Waals surface area contributed by atoms with E-state index in [1.807, 2.05) is 25.4 Å². The summed E-state index contributed by atoms with van der Waals surface area (Å²) in [5.74, 6) is 0. The number of aromatic nitrogens is 3. The highest BCUT2D eigenvalue weighted by atomic mass is 16.5. The molecular formula is C11H11N4O+. The number of pyridine rings is 1. The number of nitriles is 1. The Morgan fingerprint density at radius 1 is 1.50 bits per heavy atom. The van der Waals surface area contributed by atoms with Gasteiger partial charge in [0.15, 0.2) is 0 Å². The van der Waals surface area contributed by atoms with Crippen molar-refractivity contribution in [3.05, 3.63) is 36.4 Å². The largest absolute Gasteiger partial charge is 0.285 e. The first kappa shape index (κ1) is 10.2. The molecule has 0 aliphatic carbocycles. The van der Waals surface area contributed by atoms with Crippen molar-refractivity contribution in [1.29, 1.82) is 5.26 Å². The van der Waals surface area contributed by atoms with Gasteiger partial charge in [-0.3, -0.25) is 9.89 Å². The Morgan fingerprint density at radius 3 is 2.94 bits per heavy atom. The summed E-state index contributed by atoms with van der Waals surface area (Å²) in [6, 6.07) is 3.92. The first-order valence-electron chi connectivity index (χ1n) is 4.79. The van der Waals surface area contributed by atoms with E-state index >= 15 is 0 Å². The van der Waals surface area contributed by atoms with Crippen molar-refractivity contribution in [3.8, 4) is 17.2 Å². The Labute approximate surface area is 92.8 Å². The van der Waals surface area contributed by atoms with Crippen LogP contribution in [0.2, 0.25) is 0 Å². The number of rotatable bonds is 2. The molecule has 0 spiro atoms. The summed E-state index contributed by atoms with van der Waals surface area (Å²) >= 11 is 0. The molecule has 0 bridgehead atoms. The van der Waals surface area contributed by atoms with Gasteiger partial charge in [0.2, 0.25) is 12.4 Å². The van der Waals surface area contributed by atoms with Gasteiger partial charge in [0.05, 0.1) is 24.3 Å². The lowest BCUT2D eigenvalue weighted by atomic mass is 10.1. The lowest BCUT2D eigenvalue weighted by molar-refractivity contribution is -0.904. The number of hydrogen-bond acceptors (Lipinski definition) is 3. The van der Waals surface area contributed by atoms with E-state index in [1.165, 1.54) is 6.20 Å². The van der Waals surface area contributed by atoms with E-state index < -0.39 is 0 Å². The molecule has 80 valence electrons. The first-order chi connectivity index (χ1) is 7.69. The van der Waals surface area contributed by atoms with Crippen LogP contribution in [-0.2, 0) is 13.5 Å². The molecule has 2 heterocycles. The van der Waals surface area contributed by atoms with Gasteiger partial charge >= 0.3 is 0 Å². The molecule has 0 saturated heterocycles. The molecule has 5 heteroatoms. The molecule has 0 fully saturated rings. The second-order valence-electron chi connectivity index (χ2n) is 3.55. The molecular weight excluding hydrogens is 204 g/mol. The van der Waals surface area contributed by atoms with Crippen molar-refractivity contribution in [2.24, 2.45) is 7.05 Å². The monoisotopic (exact) mass is 215 g/mol. The highest BCUT2D eigenvalue weighted by Gasteiger charge is 2.09.